The lowest BCUT2D eigenvalue weighted by Gasteiger charge is -2.29. The van der Waals surface area contributed by atoms with Crippen LogP contribution >= 0.6 is 0 Å². The Hall–Kier alpha value is -8.14. The number of furan rings is 1. The maximum Gasteiger partial charge on any atom is 0.143 e. The fraction of sp³-hybridized carbons (Fsp3) is 0. The number of fused-ring (bicyclic) bond motifs is 7. The molecule has 2 heterocycles. The van der Waals surface area contributed by atoms with E-state index in [1.165, 1.54) is 49.3 Å². The molecule has 0 fully saturated rings. The molecule has 0 aliphatic carbocycles. The predicted octanol–water partition coefficient (Wildman–Crippen LogP) is 16.3. The Labute approximate surface area is 353 Å². The maximum atomic E-state index is 6.58. The van der Waals surface area contributed by atoms with Crippen molar-refractivity contribution in [3.05, 3.63) is 231 Å². The van der Waals surface area contributed by atoms with Crippen LogP contribution in [0.4, 0.5) is 17.1 Å². The summed E-state index contributed by atoms with van der Waals surface area (Å²) in [5.41, 5.74) is 15.3. The minimum Gasteiger partial charge on any atom is -0.455 e. The van der Waals surface area contributed by atoms with Crippen LogP contribution in [0.5, 0.6) is 0 Å². The standard InChI is InChI=1S/C58H38N2O/c1-2-17-39(18-3-1)45-29-13-19-40-20-14-31-51(57(40)45)49-27-6-8-33-53(49)59(42-22-12-21-41(37-42)46-30-16-32-52-50-28-7-11-36-56(50)61-58(46)52)43-23-15-24-44(38-43)60-54-34-9-4-25-47(54)48-26-5-10-35-55(48)60/h1-38H. The molecule has 0 aliphatic rings. The molecule has 0 unspecified atom stereocenters. The minimum atomic E-state index is 0.892. The van der Waals surface area contributed by atoms with Crippen LogP contribution in [0, 0.1) is 0 Å². The van der Waals surface area contributed by atoms with Crippen LogP contribution in [0.15, 0.2) is 235 Å². The average molecular weight is 779 g/mol. The van der Waals surface area contributed by atoms with E-state index in [-0.39, 0.29) is 0 Å². The highest BCUT2D eigenvalue weighted by Gasteiger charge is 2.22. The number of hydrogen-bond acceptors (Lipinski definition) is 2. The molecule has 12 rings (SSSR count). The third-order valence-electron chi connectivity index (χ3n) is 12.2. The number of nitrogens with zero attached hydrogens (tertiary/aromatic N) is 2. The summed E-state index contributed by atoms with van der Waals surface area (Å²) in [6.45, 7) is 0. The van der Waals surface area contributed by atoms with Gasteiger partial charge in [-0.05, 0) is 87.6 Å². The van der Waals surface area contributed by atoms with Gasteiger partial charge in [0.15, 0.2) is 0 Å². The Morgan fingerprint density at radius 3 is 1.72 bits per heavy atom. The highest BCUT2D eigenvalue weighted by atomic mass is 16.3. The van der Waals surface area contributed by atoms with Crippen molar-refractivity contribution in [2.75, 3.05) is 4.90 Å². The van der Waals surface area contributed by atoms with Gasteiger partial charge in [0.05, 0.1) is 16.7 Å². The fourth-order valence-corrected chi connectivity index (χ4v) is 9.51. The number of aromatic nitrogens is 1. The lowest BCUT2D eigenvalue weighted by Crippen LogP contribution is -2.12. The van der Waals surface area contributed by atoms with Crippen LogP contribution in [-0.4, -0.2) is 4.57 Å². The molecule has 2 aromatic heterocycles. The van der Waals surface area contributed by atoms with Gasteiger partial charge in [-0.25, -0.2) is 0 Å². The number of benzene rings is 10. The van der Waals surface area contributed by atoms with E-state index in [1.54, 1.807) is 0 Å². The van der Waals surface area contributed by atoms with Gasteiger partial charge in [-0.3, -0.25) is 0 Å². The Morgan fingerprint density at radius 1 is 0.361 bits per heavy atom. The molecule has 12 aromatic rings. The normalized spacial score (nSPS) is 11.6. The highest BCUT2D eigenvalue weighted by Crippen LogP contribution is 2.46. The van der Waals surface area contributed by atoms with Crippen LogP contribution in [0.25, 0.3) is 93.6 Å². The summed E-state index contributed by atoms with van der Waals surface area (Å²) < 4.78 is 8.98. The number of anilines is 3. The monoisotopic (exact) mass is 778 g/mol. The molecule has 61 heavy (non-hydrogen) atoms. The molecule has 0 atom stereocenters. The largest absolute Gasteiger partial charge is 0.455 e. The van der Waals surface area contributed by atoms with Crippen LogP contribution in [0.2, 0.25) is 0 Å². The van der Waals surface area contributed by atoms with E-state index in [4.69, 9.17) is 4.42 Å². The minimum absolute atomic E-state index is 0.892. The molecule has 286 valence electrons. The topological polar surface area (TPSA) is 21.3 Å². The van der Waals surface area contributed by atoms with E-state index in [9.17, 15) is 0 Å². The predicted molar refractivity (Wildman–Crippen MR) is 257 cm³/mol. The number of rotatable bonds is 7. The zero-order chi connectivity index (χ0) is 40.3. The molecule has 0 radical (unpaired) electrons. The molecule has 10 aromatic carbocycles. The Balaban J connectivity index is 1.11. The summed E-state index contributed by atoms with van der Waals surface area (Å²) in [7, 11) is 0. The van der Waals surface area contributed by atoms with Gasteiger partial charge in [-0.15, -0.1) is 0 Å². The first-order valence-electron chi connectivity index (χ1n) is 20.8. The zero-order valence-corrected chi connectivity index (χ0v) is 33.2. The van der Waals surface area contributed by atoms with Crippen molar-refractivity contribution >= 4 is 71.6 Å². The van der Waals surface area contributed by atoms with E-state index >= 15 is 0 Å². The van der Waals surface area contributed by atoms with Crippen LogP contribution in [-0.2, 0) is 0 Å². The van der Waals surface area contributed by atoms with Crippen molar-refractivity contribution in [3.8, 4) is 39.1 Å². The smallest absolute Gasteiger partial charge is 0.143 e. The van der Waals surface area contributed by atoms with E-state index < -0.39 is 0 Å². The average Bonchev–Trinajstić information content (AvgIpc) is 3.88. The highest BCUT2D eigenvalue weighted by molar-refractivity contribution is 6.12. The van der Waals surface area contributed by atoms with Gasteiger partial charge < -0.3 is 13.9 Å². The second-order valence-electron chi connectivity index (χ2n) is 15.6. The Bertz CT molecular complexity index is 3550. The summed E-state index contributed by atoms with van der Waals surface area (Å²) >= 11 is 0. The van der Waals surface area contributed by atoms with Crippen molar-refractivity contribution in [3.63, 3.8) is 0 Å². The first-order valence-corrected chi connectivity index (χ1v) is 20.8. The van der Waals surface area contributed by atoms with Gasteiger partial charge in [0.2, 0.25) is 0 Å². The van der Waals surface area contributed by atoms with Crippen molar-refractivity contribution in [2.45, 2.75) is 0 Å². The van der Waals surface area contributed by atoms with Crippen LogP contribution in [0.1, 0.15) is 0 Å². The van der Waals surface area contributed by atoms with Crippen molar-refractivity contribution in [1.82, 2.24) is 4.57 Å². The molecule has 0 saturated carbocycles. The Kier molecular flexibility index (Phi) is 8.17. The molecule has 0 bridgehead atoms. The molecule has 0 N–H and O–H groups in total. The molecule has 0 aliphatic heterocycles. The fourth-order valence-electron chi connectivity index (χ4n) is 9.51. The third-order valence-corrected chi connectivity index (χ3v) is 12.2. The van der Waals surface area contributed by atoms with Gasteiger partial charge in [0, 0.05) is 49.7 Å². The number of hydrogen-bond donors (Lipinski definition) is 0. The molecule has 0 spiro atoms. The second kappa shape index (κ2) is 14.3. The van der Waals surface area contributed by atoms with Crippen molar-refractivity contribution in [1.29, 1.82) is 0 Å². The van der Waals surface area contributed by atoms with E-state index in [2.05, 4.69) is 234 Å². The molecule has 0 saturated heterocycles. The van der Waals surface area contributed by atoms with Gasteiger partial charge in [0.1, 0.15) is 11.2 Å². The molecular formula is C58H38N2O. The van der Waals surface area contributed by atoms with E-state index in [0.717, 1.165) is 61.4 Å². The van der Waals surface area contributed by atoms with Gasteiger partial charge in [-0.2, -0.15) is 0 Å². The van der Waals surface area contributed by atoms with E-state index in [1.807, 2.05) is 6.07 Å². The zero-order valence-electron chi connectivity index (χ0n) is 33.2. The third kappa shape index (κ3) is 5.74. The van der Waals surface area contributed by atoms with Crippen molar-refractivity contribution in [2.24, 2.45) is 0 Å². The first-order chi connectivity index (χ1) is 30.3. The maximum absolute atomic E-state index is 6.58. The van der Waals surface area contributed by atoms with Crippen LogP contribution in [0.3, 0.4) is 0 Å². The summed E-state index contributed by atoms with van der Waals surface area (Å²) in [4.78, 5) is 2.43. The summed E-state index contributed by atoms with van der Waals surface area (Å²) in [5.74, 6) is 0. The molecule has 3 nitrogen and oxygen atoms in total. The van der Waals surface area contributed by atoms with Gasteiger partial charge >= 0.3 is 0 Å². The Morgan fingerprint density at radius 2 is 0.918 bits per heavy atom. The molecular weight excluding hydrogens is 741 g/mol. The van der Waals surface area contributed by atoms with Crippen LogP contribution < -0.4 is 4.90 Å². The quantitative estimate of drug-likeness (QED) is 0.161. The van der Waals surface area contributed by atoms with Gasteiger partial charge in [0.25, 0.3) is 0 Å². The van der Waals surface area contributed by atoms with Crippen molar-refractivity contribution < 1.29 is 4.42 Å². The summed E-state index contributed by atoms with van der Waals surface area (Å²) in [6.07, 6.45) is 0. The second-order valence-corrected chi connectivity index (χ2v) is 15.6. The SMILES string of the molecule is c1ccc(-c2cccc3cccc(-c4ccccc4N(c4cccc(-c5cccc6c5oc5ccccc56)c4)c4cccc(-n5c6ccccc6c6ccccc65)c4)c23)cc1. The molecule has 3 heteroatoms. The lowest BCUT2D eigenvalue weighted by atomic mass is 9.90. The first kappa shape index (κ1) is 34.9. The number of para-hydroxylation sites is 5. The summed E-state index contributed by atoms with van der Waals surface area (Å²) in [6, 6.07) is 83.0. The molecule has 0 amide bonds. The van der Waals surface area contributed by atoms with Gasteiger partial charge in [-0.1, -0.05) is 176 Å². The summed E-state index contributed by atoms with van der Waals surface area (Å²) in [5, 5.41) is 7.15. The lowest BCUT2D eigenvalue weighted by molar-refractivity contribution is 0.670. The van der Waals surface area contributed by atoms with E-state index in [0.29, 0.717) is 0 Å².